The highest BCUT2D eigenvalue weighted by atomic mass is 32.2. The van der Waals surface area contributed by atoms with Crippen LogP contribution in [0.4, 0.5) is 28.4 Å². The van der Waals surface area contributed by atoms with E-state index in [1.165, 1.54) is 12.1 Å². The Hall–Kier alpha value is -4.98. The minimum absolute atomic E-state index is 0.0136. The van der Waals surface area contributed by atoms with Crippen LogP contribution in [0.1, 0.15) is 16.7 Å². The average Bonchev–Trinajstić information content (AvgIpc) is 2.98. The molecule has 5 rings (SSSR count). The molecule has 0 saturated heterocycles. The van der Waals surface area contributed by atoms with Crippen molar-refractivity contribution in [1.82, 2.24) is 0 Å². The quantitative estimate of drug-likeness (QED) is 0.0879. The molecule has 11 nitrogen and oxygen atoms in total. The number of anilines is 1. The van der Waals surface area contributed by atoms with E-state index in [1.54, 1.807) is 61.5 Å². The van der Waals surface area contributed by atoms with Crippen molar-refractivity contribution in [2.24, 2.45) is 20.5 Å². The van der Waals surface area contributed by atoms with E-state index in [-0.39, 0.29) is 32.7 Å². The van der Waals surface area contributed by atoms with Crippen molar-refractivity contribution >= 4 is 60.4 Å². The third-order valence-corrected chi connectivity index (χ3v) is 8.53. The summed E-state index contributed by atoms with van der Waals surface area (Å²) < 4.78 is 53.4. The Kier molecular flexibility index (Phi) is 8.54. The lowest BCUT2D eigenvalue weighted by atomic mass is 10.0. The molecule has 0 heterocycles. The summed E-state index contributed by atoms with van der Waals surface area (Å²) in [6.07, 6.45) is 0. The maximum absolute atomic E-state index is 13.1. The maximum Gasteiger partial charge on any atom is 0.296 e. The van der Waals surface area contributed by atoms with Crippen molar-refractivity contribution < 1.29 is 26.5 Å². The lowest BCUT2D eigenvalue weighted by molar-refractivity contribution is 0.472. The first-order chi connectivity index (χ1) is 20.9. The number of phenols is 1. The zero-order chi connectivity index (χ0) is 31.6. The first-order valence-electron chi connectivity index (χ1n) is 13.1. The normalized spacial score (nSPS) is 12.7. The predicted octanol–water partition coefficient (Wildman–Crippen LogP) is 8.23. The summed E-state index contributed by atoms with van der Waals surface area (Å²) in [6, 6.07) is 23.2. The van der Waals surface area contributed by atoms with Gasteiger partial charge < -0.3 is 15.0 Å². The minimum Gasteiger partial charge on any atom is -0.505 e. The molecule has 0 aliphatic rings. The standard InChI is InChI=1S/C31H27N5O6S2/c1-18-8-12-22(13-9-18)33-35-29-20(3)16-21-17-26(44(39,40)41)30(31(37)27(21)28(29)32)36-34-24-6-4-5-7-25(24)43(38)42-23-14-10-19(2)11-15-23/h4-17,37H,32H2,1-3H3,(H,39,40,41). The molecule has 1 unspecified atom stereocenters. The van der Waals surface area contributed by atoms with Gasteiger partial charge in [-0.2, -0.15) is 13.5 Å². The van der Waals surface area contributed by atoms with Crippen molar-refractivity contribution in [2.45, 2.75) is 30.6 Å². The smallest absolute Gasteiger partial charge is 0.296 e. The number of aromatic hydroxyl groups is 1. The van der Waals surface area contributed by atoms with Gasteiger partial charge in [-0.25, -0.2) is 4.21 Å². The number of nitrogens with two attached hydrogens (primary N) is 1. The van der Waals surface area contributed by atoms with Gasteiger partial charge in [-0.15, -0.1) is 15.3 Å². The van der Waals surface area contributed by atoms with Crippen LogP contribution in [0.15, 0.2) is 115 Å². The predicted molar refractivity (Wildman–Crippen MR) is 169 cm³/mol. The molecule has 224 valence electrons. The van der Waals surface area contributed by atoms with Crippen LogP contribution >= 0.6 is 0 Å². The van der Waals surface area contributed by atoms with E-state index >= 15 is 0 Å². The zero-order valence-corrected chi connectivity index (χ0v) is 25.4. The number of nitrogen functional groups attached to an aromatic ring is 1. The van der Waals surface area contributed by atoms with E-state index < -0.39 is 37.5 Å². The van der Waals surface area contributed by atoms with Gasteiger partial charge in [0, 0.05) is 0 Å². The number of hydrogen-bond donors (Lipinski definition) is 3. The first kappa shape index (κ1) is 30.5. The summed E-state index contributed by atoms with van der Waals surface area (Å²) in [5.41, 5.74) is 9.39. The SMILES string of the molecule is Cc1ccc(N=Nc2c(C)cc3cc(S(=O)(=O)O)c(N=Nc4ccccc4S(=O)Oc4ccc(C)cc4)c(O)c3c2N)cc1. The molecule has 5 aromatic rings. The Morgan fingerprint density at radius 2 is 1.41 bits per heavy atom. The van der Waals surface area contributed by atoms with Crippen molar-refractivity contribution in [3.8, 4) is 11.5 Å². The molecule has 0 bridgehead atoms. The molecule has 0 amide bonds. The Morgan fingerprint density at radius 1 is 0.795 bits per heavy atom. The van der Waals surface area contributed by atoms with Gasteiger partial charge in [-0.05, 0) is 80.3 Å². The number of rotatable bonds is 8. The fourth-order valence-electron chi connectivity index (χ4n) is 4.34. The number of azo groups is 2. The Labute approximate surface area is 256 Å². The summed E-state index contributed by atoms with van der Waals surface area (Å²) in [5, 5.41) is 28.1. The van der Waals surface area contributed by atoms with Gasteiger partial charge in [0.25, 0.3) is 10.1 Å². The van der Waals surface area contributed by atoms with Crippen LogP contribution in [0, 0.1) is 20.8 Å². The molecule has 13 heteroatoms. The summed E-state index contributed by atoms with van der Waals surface area (Å²) in [7, 11) is -4.89. The molecule has 0 spiro atoms. The van der Waals surface area contributed by atoms with Crippen LogP contribution in [0.2, 0.25) is 0 Å². The van der Waals surface area contributed by atoms with Gasteiger partial charge in [-0.3, -0.25) is 4.55 Å². The topological polar surface area (TPSA) is 176 Å². The lowest BCUT2D eigenvalue weighted by Crippen LogP contribution is -2.01. The highest BCUT2D eigenvalue weighted by Gasteiger charge is 2.25. The number of nitrogens with zero attached hydrogens (tertiary/aromatic N) is 4. The second kappa shape index (κ2) is 12.3. The van der Waals surface area contributed by atoms with Gasteiger partial charge in [0.2, 0.25) is 11.1 Å². The lowest BCUT2D eigenvalue weighted by Gasteiger charge is -2.13. The average molecular weight is 630 g/mol. The second-order valence-corrected chi connectivity index (χ2v) is 12.4. The Morgan fingerprint density at radius 3 is 2.07 bits per heavy atom. The molecule has 0 saturated carbocycles. The summed E-state index contributed by atoms with van der Waals surface area (Å²) in [4.78, 5) is -0.562. The molecule has 4 N–H and O–H groups in total. The van der Waals surface area contributed by atoms with E-state index in [0.717, 1.165) is 17.2 Å². The largest absolute Gasteiger partial charge is 0.505 e. The fraction of sp³-hybridized carbons (Fsp3) is 0.0968. The zero-order valence-electron chi connectivity index (χ0n) is 23.8. The van der Waals surface area contributed by atoms with Gasteiger partial charge in [0.05, 0.1) is 16.8 Å². The maximum atomic E-state index is 13.1. The van der Waals surface area contributed by atoms with Crippen LogP contribution in [-0.4, -0.2) is 22.3 Å². The number of benzene rings is 5. The third-order valence-electron chi connectivity index (χ3n) is 6.61. The number of fused-ring (bicyclic) bond motifs is 1. The molecular weight excluding hydrogens is 603 g/mol. The van der Waals surface area contributed by atoms with Gasteiger partial charge in [0.15, 0.2) is 5.75 Å². The van der Waals surface area contributed by atoms with E-state index in [9.17, 15) is 22.3 Å². The Balaban J connectivity index is 1.60. The van der Waals surface area contributed by atoms with E-state index in [0.29, 0.717) is 17.0 Å². The molecule has 0 aliphatic heterocycles. The second-order valence-electron chi connectivity index (χ2n) is 9.94. The van der Waals surface area contributed by atoms with Crippen molar-refractivity contribution in [1.29, 1.82) is 0 Å². The highest BCUT2D eigenvalue weighted by Crippen LogP contribution is 2.47. The molecule has 44 heavy (non-hydrogen) atoms. The molecule has 0 aromatic heterocycles. The molecule has 0 radical (unpaired) electrons. The summed E-state index contributed by atoms with van der Waals surface area (Å²) >= 11 is -2.02. The monoisotopic (exact) mass is 629 g/mol. The van der Waals surface area contributed by atoms with E-state index in [4.69, 9.17) is 9.92 Å². The van der Waals surface area contributed by atoms with Gasteiger partial charge in [-0.1, -0.05) is 47.5 Å². The van der Waals surface area contributed by atoms with Crippen LogP contribution in [0.25, 0.3) is 10.8 Å². The summed E-state index contributed by atoms with van der Waals surface area (Å²) in [6.45, 7) is 5.56. The summed E-state index contributed by atoms with van der Waals surface area (Å²) in [5.74, 6) is -0.291. The first-order valence-corrected chi connectivity index (χ1v) is 15.7. The van der Waals surface area contributed by atoms with Crippen molar-refractivity contribution in [2.75, 3.05) is 5.73 Å². The molecular formula is C31H27N5O6S2. The van der Waals surface area contributed by atoms with Crippen LogP contribution in [-0.2, 0) is 21.2 Å². The van der Waals surface area contributed by atoms with Crippen molar-refractivity contribution in [3.05, 3.63) is 102 Å². The third kappa shape index (κ3) is 6.49. The van der Waals surface area contributed by atoms with Crippen LogP contribution in [0.3, 0.4) is 0 Å². The van der Waals surface area contributed by atoms with Gasteiger partial charge in [0.1, 0.15) is 32.6 Å². The van der Waals surface area contributed by atoms with E-state index in [1.807, 2.05) is 26.0 Å². The van der Waals surface area contributed by atoms with E-state index in [2.05, 4.69) is 20.5 Å². The van der Waals surface area contributed by atoms with Crippen LogP contribution in [0.5, 0.6) is 11.5 Å². The minimum atomic E-state index is -4.89. The van der Waals surface area contributed by atoms with Crippen LogP contribution < -0.4 is 9.92 Å². The van der Waals surface area contributed by atoms with Gasteiger partial charge >= 0.3 is 0 Å². The molecule has 0 aliphatic carbocycles. The molecule has 0 fully saturated rings. The number of phenolic OH excluding ortho intramolecular Hbond substituents is 1. The fourth-order valence-corrected chi connectivity index (χ4v) is 5.84. The molecule has 1 atom stereocenters. The Bertz CT molecular complexity index is 2080. The highest BCUT2D eigenvalue weighted by molar-refractivity contribution is 7.86. The van der Waals surface area contributed by atoms with Crippen molar-refractivity contribution in [3.63, 3.8) is 0 Å². The number of aryl methyl sites for hydroxylation is 3. The number of hydrogen-bond acceptors (Lipinski definition) is 10. The molecule has 5 aromatic carbocycles.